The largest absolute Gasteiger partial charge is 0.486 e. The van der Waals surface area contributed by atoms with Crippen molar-refractivity contribution in [2.24, 2.45) is 0 Å². The van der Waals surface area contributed by atoms with Crippen LogP contribution in [0, 0.1) is 0 Å². The molecule has 0 aromatic heterocycles. The molecule has 1 aliphatic rings. The number of amides is 1. The van der Waals surface area contributed by atoms with Crippen molar-refractivity contribution in [2.75, 3.05) is 19.8 Å². The number of carbonyl (C=O) groups excluding carboxylic acids is 1. The molecule has 1 atom stereocenters. The molecule has 0 aliphatic carbocycles. The maximum absolute atomic E-state index is 12.4. The standard InChI is InChI=1S/C24H23NO4/c1-17(19-11-12-22-23(15-19)28-14-13-27-22)25-24(26)16-29-21-10-6-5-9-20(21)18-7-3-2-4-8-18/h2-12,15,17H,13-14,16H2,1H3,(H,25,26). The van der Waals surface area contributed by atoms with Gasteiger partial charge in [-0.05, 0) is 36.2 Å². The molecule has 1 unspecified atom stereocenters. The third-order valence-electron chi connectivity index (χ3n) is 4.77. The number of hydrogen-bond donors (Lipinski definition) is 1. The van der Waals surface area contributed by atoms with Crippen molar-refractivity contribution in [2.45, 2.75) is 13.0 Å². The van der Waals surface area contributed by atoms with E-state index in [1.807, 2.05) is 79.7 Å². The maximum Gasteiger partial charge on any atom is 0.258 e. The monoisotopic (exact) mass is 389 g/mol. The molecule has 148 valence electrons. The molecule has 0 saturated carbocycles. The SMILES string of the molecule is CC(NC(=O)COc1ccccc1-c1ccccc1)c1ccc2c(c1)OCCO2. The molecule has 5 heteroatoms. The maximum atomic E-state index is 12.4. The highest BCUT2D eigenvalue weighted by Crippen LogP contribution is 2.33. The molecule has 4 rings (SSSR count). The van der Waals surface area contributed by atoms with Crippen LogP contribution >= 0.6 is 0 Å². The molecule has 0 fully saturated rings. The van der Waals surface area contributed by atoms with Crippen molar-refractivity contribution in [3.05, 3.63) is 78.4 Å². The van der Waals surface area contributed by atoms with E-state index >= 15 is 0 Å². The second-order valence-corrected chi connectivity index (χ2v) is 6.84. The minimum absolute atomic E-state index is 0.0568. The summed E-state index contributed by atoms with van der Waals surface area (Å²) in [4.78, 5) is 12.4. The Hall–Kier alpha value is -3.47. The quantitative estimate of drug-likeness (QED) is 0.680. The number of nitrogens with one attached hydrogen (secondary N) is 1. The highest BCUT2D eigenvalue weighted by molar-refractivity contribution is 5.78. The van der Waals surface area contributed by atoms with Crippen LogP contribution in [0.25, 0.3) is 11.1 Å². The van der Waals surface area contributed by atoms with Crippen molar-refractivity contribution >= 4 is 5.91 Å². The van der Waals surface area contributed by atoms with E-state index in [-0.39, 0.29) is 18.6 Å². The summed E-state index contributed by atoms with van der Waals surface area (Å²) in [6.07, 6.45) is 0. The van der Waals surface area contributed by atoms with Gasteiger partial charge in [0.25, 0.3) is 5.91 Å². The number of para-hydroxylation sites is 1. The van der Waals surface area contributed by atoms with Gasteiger partial charge in [0.2, 0.25) is 0 Å². The predicted molar refractivity (Wildman–Crippen MR) is 111 cm³/mol. The first-order valence-corrected chi connectivity index (χ1v) is 9.67. The Balaban J connectivity index is 1.38. The van der Waals surface area contributed by atoms with Gasteiger partial charge in [-0.1, -0.05) is 54.6 Å². The number of benzene rings is 3. The third-order valence-corrected chi connectivity index (χ3v) is 4.77. The summed E-state index contributed by atoms with van der Waals surface area (Å²) in [6.45, 7) is 2.96. The van der Waals surface area contributed by atoms with E-state index in [2.05, 4.69) is 5.32 Å². The molecule has 0 saturated heterocycles. The molecule has 1 amide bonds. The Morgan fingerprint density at radius 2 is 1.69 bits per heavy atom. The van der Waals surface area contributed by atoms with E-state index in [0.29, 0.717) is 24.7 Å². The number of fused-ring (bicyclic) bond motifs is 1. The number of ether oxygens (including phenoxy) is 3. The zero-order valence-electron chi connectivity index (χ0n) is 16.3. The first-order chi connectivity index (χ1) is 14.2. The first-order valence-electron chi connectivity index (χ1n) is 9.67. The molecule has 29 heavy (non-hydrogen) atoms. The van der Waals surface area contributed by atoms with Gasteiger partial charge < -0.3 is 19.5 Å². The van der Waals surface area contributed by atoms with Crippen LogP contribution in [0.4, 0.5) is 0 Å². The van der Waals surface area contributed by atoms with Gasteiger partial charge in [0.05, 0.1) is 6.04 Å². The third kappa shape index (κ3) is 4.51. The smallest absolute Gasteiger partial charge is 0.258 e. The summed E-state index contributed by atoms with van der Waals surface area (Å²) in [7, 11) is 0. The lowest BCUT2D eigenvalue weighted by Gasteiger charge is -2.21. The predicted octanol–water partition coefficient (Wildman–Crippen LogP) is 4.38. The second-order valence-electron chi connectivity index (χ2n) is 6.84. The minimum Gasteiger partial charge on any atom is -0.486 e. The zero-order chi connectivity index (χ0) is 20.1. The molecule has 0 bridgehead atoms. The van der Waals surface area contributed by atoms with Crippen molar-refractivity contribution < 1.29 is 19.0 Å². The van der Waals surface area contributed by atoms with Crippen molar-refractivity contribution in [1.82, 2.24) is 5.32 Å². The number of carbonyl (C=O) groups is 1. The topological polar surface area (TPSA) is 56.8 Å². The second kappa shape index (κ2) is 8.69. The van der Waals surface area contributed by atoms with Crippen LogP contribution < -0.4 is 19.5 Å². The Morgan fingerprint density at radius 1 is 0.966 bits per heavy atom. The summed E-state index contributed by atoms with van der Waals surface area (Å²) < 4.78 is 17.0. The normalized spacial score (nSPS) is 13.4. The Morgan fingerprint density at radius 3 is 2.52 bits per heavy atom. The molecular formula is C24H23NO4. The fourth-order valence-electron chi connectivity index (χ4n) is 3.29. The molecule has 1 heterocycles. The van der Waals surface area contributed by atoms with Gasteiger partial charge >= 0.3 is 0 Å². The van der Waals surface area contributed by atoms with Crippen LogP contribution in [0.15, 0.2) is 72.8 Å². The van der Waals surface area contributed by atoms with Crippen LogP contribution in [-0.2, 0) is 4.79 Å². The zero-order valence-corrected chi connectivity index (χ0v) is 16.3. The average Bonchev–Trinajstić information content (AvgIpc) is 2.78. The molecule has 1 aliphatic heterocycles. The molecular weight excluding hydrogens is 366 g/mol. The van der Waals surface area contributed by atoms with Gasteiger partial charge in [-0.25, -0.2) is 0 Å². The fraction of sp³-hybridized carbons (Fsp3) is 0.208. The van der Waals surface area contributed by atoms with Crippen LogP contribution in [0.2, 0.25) is 0 Å². The van der Waals surface area contributed by atoms with Crippen molar-refractivity contribution in [3.63, 3.8) is 0 Å². The van der Waals surface area contributed by atoms with Gasteiger partial charge in [0, 0.05) is 5.56 Å². The lowest BCUT2D eigenvalue weighted by atomic mass is 10.1. The summed E-state index contributed by atoms with van der Waals surface area (Å²) >= 11 is 0. The van der Waals surface area contributed by atoms with Crippen LogP contribution in [0.5, 0.6) is 17.2 Å². The average molecular weight is 389 g/mol. The lowest BCUT2D eigenvalue weighted by molar-refractivity contribution is -0.123. The molecule has 5 nitrogen and oxygen atoms in total. The Kier molecular flexibility index (Phi) is 5.66. The van der Waals surface area contributed by atoms with Crippen LogP contribution in [-0.4, -0.2) is 25.7 Å². The summed E-state index contributed by atoms with van der Waals surface area (Å²) in [6, 6.07) is 23.2. The molecule has 0 spiro atoms. The molecule has 3 aromatic rings. The number of hydrogen-bond acceptors (Lipinski definition) is 4. The van der Waals surface area contributed by atoms with Crippen molar-refractivity contribution in [3.8, 4) is 28.4 Å². The van der Waals surface area contributed by atoms with Gasteiger partial charge in [0.1, 0.15) is 19.0 Å². The van der Waals surface area contributed by atoms with E-state index < -0.39 is 0 Å². The molecule has 0 radical (unpaired) electrons. The fourth-order valence-corrected chi connectivity index (χ4v) is 3.29. The van der Waals surface area contributed by atoms with E-state index in [0.717, 1.165) is 22.4 Å². The molecule has 3 aromatic carbocycles. The lowest BCUT2D eigenvalue weighted by Crippen LogP contribution is -2.31. The summed E-state index contributed by atoms with van der Waals surface area (Å²) in [5.74, 6) is 1.94. The van der Waals surface area contributed by atoms with E-state index in [4.69, 9.17) is 14.2 Å². The van der Waals surface area contributed by atoms with Crippen LogP contribution in [0.1, 0.15) is 18.5 Å². The Labute approximate surface area is 170 Å². The van der Waals surface area contributed by atoms with Gasteiger partial charge in [-0.3, -0.25) is 4.79 Å². The van der Waals surface area contributed by atoms with Crippen molar-refractivity contribution in [1.29, 1.82) is 0 Å². The van der Waals surface area contributed by atoms with E-state index in [1.54, 1.807) is 0 Å². The Bertz CT molecular complexity index is 987. The van der Waals surface area contributed by atoms with E-state index in [9.17, 15) is 4.79 Å². The van der Waals surface area contributed by atoms with Gasteiger partial charge in [-0.15, -0.1) is 0 Å². The first kappa shape index (κ1) is 18.9. The summed E-state index contributed by atoms with van der Waals surface area (Å²) in [5.41, 5.74) is 2.96. The number of rotatable bonds is 6. The highest BCUT2D eigenvalue weighted by atomic mass is 16.6. The van der Waals surface area contributed by atoms with E-state index in [1.165, 1.54) is 0 Å². The van der Waals surface area contributed by atoms with Gasteiger partial charge in [-0.2, -0.15) is 0 Å². The minimum atomic E-state index is -0.185. The summed E-state index contributed by atoms with van der Waals surface area (Å²) in [5, 5.41) is 2.97. The molecule has 1 N–H and O–H groups in total. The van der Waals surface area contributed by atoms with Crippen LogP contribution in [0.3, 0.4) is 0 Å². The van der Waals surface area contributed by atoms with Gasteiger partial charge in [0.15, 0.2) is 18.1 Å². The highest BCUT2D eigenvalue weighted by Gasteiger charge is 2.16.